The minimum atomic E-state index is -4.07. The van der Waals surface area contributed by atoms with E-state index < -0.39 is 22.5 Å². The highest BCUT2D eigenvalue weighted by molar-refractivity contribution is 7.92. The Balaban J connectivity index is 1.95. The van der Waals surface area contributed by atoms with Gasteiger partial charge in [0, 0.05) is 10.0 Å². The zero-order valence-electron chi connectivity index (χ0n) is 19.8. The van der Waals surface area contributed by atoms with Crippen LogP contribution in [0.1, 0.15) is 40.8 Å². The maximum absolute atomic E-state index is 13.6. The normalized spacial score (nSPS) is 12.3. The van der Waals surface area contributed by atoms with E-state index in [-0.39, 0.29) is 26.7 Å². The first kappa shape index (κ1) is 26.1. The third kappa shape index (κ3) is 5.93. The lowest BCUT2D eigenvalue weighted by molar-refractivity contribution is -0.120. The SMILES string of the molecule is Cc1ccc(S(=O)(=O)N(CC(=O)N[C@H](C)c2cc(C)c(C)cc2C)c2cc(Cl)cc(Cl)c2)cc1. The first-order chi connectivity index (χ1) is 15.9. The Morgan fingerprint density at radius 2 is 1.44 bits per heavy atom. The van der Waals surface area contributed by atoms with E-state index in [1.165, 1.54) is 35.9 Å². The summed E-state index contributed by atoms with van der Waals surface area (Å²) in [6.45, 7) is 9.37. The zero-order chi connectivity index (χ0) is 25.2. The van der Waals surface area contributed by atoms with Crippen LogP contribution in [0.2, 0.25) is 10.0 Å². The Bertz CT molecular complexity index is 1300. The predicted octanol–water partition coefficient (Wildman–Crippen LogP) is 6.30. The fraction of sp³-hybridized carbons (Fsp3) is 0.269. The topological polar surface area (TPSA) is 66.5 Å². The molecule has 1 amide bonds. The second kappa shape index (κ2) is 10.4. The summed E-state index contributed by atoms with van der Waals surface area (Å²) < 4.78 is 28.1. The molecule has 0 aliphatic heterocycles. The molecule has 0 unspecified atom stereocenters. The summed E-state index contributed by atoms with van der Waals surface area (Å²) in [7, 11) is -4.07. The Morgan fingerprint density at radius 3 is 2.03 bits per heavy atom. The van der Waals surface area contributed by atoms with Gasteiger partial charge < -0.3 is 5.32 Å². The largest absolute Gasteiger partial charge is 0.348 e. The van der Waals surface area contributed by atoms with Crippen molar-refractivity contribution < 1.29 is 13.2 Å². The lowest BCUT2D eigenvalue weighted by atomic mass is 9.96. The van der Waals surface area contributed by atoms with E-state index in [2.05, 4.69) is 11.4 Å². The van der Waals surface area contributed by atoms with Crippen molar-refractivity contribution in [1.82, 2.24) is 5.32 Å². The molecule has 1 atom stereocenters. The van der Waals surface area contributed by atoms with Crippen LogP contribution in [0.5, 0.6) is 0 Å². The van der Waals surface area contributed by atoms with E-state index in [1.807, 2.05) is 40.7 Å². The van der Waals surface area contributed by atoms with Gasteiger partial charge in [0.2, 0.25) is 5.91 Å². The van der Waals surface area contributed by atoms with Crippen LogP contribution in [-0.4, -0.2) is 20.9 Å². The number of rotatable bonds is 7. The smallest absolute Gasteiger partial charge is 0.264 e. The van der Waals surface area contributed by atoms with E-state index in [9.17, 15) is 13.2 Å². The van der Waals surface area contributed by atoms with Crippen LogP contribution in [0.15, 0.2) is 59.5 Å². The summed E-state index contributed by atoms with van der Waals surface area (Å²) in [4.78, 5) is 13.2. The molecule has 0 spiro atoms. The number of nitrogens with zero attached hydrogens (tertiary/aromatic N) is 1. The average molecular weight is 519 g/mol. The standard InChI is InChI=1S/C26H28Cl2N2O3S/c1-16-6-8-24(9-7-16)34(32,33)30(23-13-21(27)12-22(28)14-23)15-26(31)29-20(5)25-11-18(3)17(2)10-19(25)4/h6-14,20H,15H2,1-5H3,(H,29,31)/t20-/m1/s1. The van der Waals surface area contributed by atoms with Gasteiger partial charge in [-0.1, -0.05) is 53.0 Å². The molecule has 34 heavy (non-hydrogen) atoms. The number of sulfonamides is 1. The third-order valence-electron chi connectivity index (χ3n) is 5.76. The van der Waals surface area contributed by atoms with Crippen LogP contribution in [0.25, 0.3) is 0 Å². The third-order valence-corrected chi connectivity index (χ3v) is 7.98. The molecule has 0 radical (unpaired) electrons. The summed E-state index contributed by atoms with van der Waals surface area (Å²) in [6, 6.07) is 14.7. The molecule has 0 heterocycles. The fourth-order valence-electron chi connectivity index (χ4n) is 3.78. The van der Waals surface area contributed by atoms with Gasteiger partial charge in [-0.05, 0) is 87.2 Å². The Kier molecular flexibility index (Phi) is 7.96. The van der Waals surface area contributed by atoms with Crippen LogP contribution in [-0.2, 0) is 14.8 Å². The molecule has 3 aromatic carbocycles. The summed E-state index contributed by atoms with van der Waals surface area (Å²) in [5.74, 6) is -0.447. The van der Waals surface area contributed by atoms with Crippen molar-refractivity contribution in [1.29, 1.82) is 0 Å². The highest BCUT2D eigenvalue weighted by Crippen LogP contribution is 2.30. The van der Waals surface area contributed by atoms with Gasteiger partial charge in [0.15, 0.2) is 0 Å². The zero-order valence-corrected chi connectivity index (χ0v) is 22.1. The molecule has 8 heteroatoms. The molecule has 0 bridgehead atoms. The molecule has 0 saturated heterocycles. The van der Waals surface area contributed by atoms with Gasteiger partial charge in [0.25, 0.3) is 10.0 Å². The number of anilines is 1. The first-order valence-corrected chi connectivity index (χ1v) is 13.0. The monoisotopic (exact) mass is 518 g/mol. The van der Waals surface area contributed by atoms with Gasteiger partial charge in [-0.25, -0.2) is 8.42 Å². The number of aryl methyl sites for hydroxylation is 4. The molecule has 1 N–H and O–H groups in total. The second-order valence-electron chi connectivity index (χ2n) is 8.53. The Labute approximate surface area is 211 Å². The van der Waals surface area contributed by atoms with Crippen LogP contribution < -0.4 is 9.62 Å². The molecule has 5 nitrogen and oxygen atoms in total. The number of hydrogen-bond donors (Lipinski definition) is 1. The van der Waals surface area contributed by atoms with Gasteiger partial charge in [-0.3, -0.25) is 9.10 Å². The molecular formula is C26H28Cl2N2O3S. The van der Waals surface area contributed by atoms with Gasteiger partial charge >= 0.3 is 0 Å². The van der Waals surface area contributed by atoms with Crippen LogP contribution in [0.4, 0.5) is 5.69 Å². The summed E-state index contributed by atoms with van der Waals surface area (Å²) in [5, 5.41) is 3.47. The second-order valence-corrected chi connectivity index (χ2v) is 11.3. The highest BCUT2D eigenvalue weighted by atomic mass is 35.5. The summed E-state index contributed by atoms with van der Waals surface area (Å²) in [6.07, 6.45) is 0. The molecule has 0 saturated carbocycles. The number of carbonyl (C=O) groups excluding carboxylic acids is 1. The molecule has 0 aromatic heterocycles. The minimum Gasteiger partial charge on any atom is -0.348 e. The number of nitrogens with one attached hydrogen (secondary N) is 1. The van der Waals surface area contributed by atoms with Crippen molar-refractivity contribution >= 4 is 44.8 Å². The van der Waals surface area contributed by atoms with Gasteiger partial charge in [0.1, 0.15) is 6.54 Å². The molecule has 3 rings (SSSR count). The highest BCUT2D eigenvalue weighted by Gasteiger charge is 2.28. The number of amides is 1. The molecular weight excluding hydrogens is 491 g/mol. The van der Waals surface area contributed by atoms with Crippen molar-refractivity contribution in [2.24, 2.45) is 0 Å². The van der Waals surface area contributed by atoms with Crippen molar-refractivity contribution in [2.45, 2.75) is 45.6 Å². The van der Waals surface area contributed by atoms with Crippen LogP contribution >= 0.6 is 23.2 Å². The molecule has 180 valence electrons. The van der Waals surface area contributed by atoms with E-state index in [0.29, 0.717) is 0 Å². The summed E-state index contributed by atoms with van der Waals surface area (Å²) in [5.41, 5.74) is 5.47. The maximum atomic E-state index is 13.6. The lowest BCUT2D eigenvalue weighted by Gasteiger charge is -2.26. The van der Waals surface area contributed by atoms with E-state index >= 15 is 0 Å². The molecule has 0 aliphatic rings. The molecule has 3 aromatic rings. The number of hydrogen-bond acceptors (Lipinski definition) is 3. The lowest BCUT2D eigenvalue weighted by Crippen LogP contribution is -2.41. The van der Waals surface area contributed by atoms with Gasteiger partial charge in [-0.15, -0.1) is 0 Å². The van der Waals surface area contributed by atoms with Crippen molar-refractivity contribution in [2.75, 3.05) is 10.8 Å². The van der Waals surface area contributed by atoms with E-state index in [0.717, 1.165) is 26.6 Å². The number of halogens is 2. The average Bonchev–Trinajstić information content (AvgIpc) is 2.74. The Morgan fingerprint density at radius 1 is 0.882 bits per heavy atom. The fourth-order valence-corrected chi connectivity index (χ4v) is 5.70. The summed E-state index contributed by atoms with van der Waals surface area (Å²) >= 11 is 12.3. The van der Waals surface area contributed by atoms with Crippen molar-refractivity contribution in [3.63, 3.8) is 0 Å². The van der Waals surface area contributed by atoms with Crippen LogP contribution in [0.3, 0.4) is 0 Å². The van der Waals surface area contributed by atoms with Gasteiger partial charge in [0.05, 0.1) is 16.6 Å². The van der Waals surface area contributed by atoms with E-state index in [1.54, 1.807) is 12.1 Å². The van der Waals surface area contributed by atoms with Crippen LogP contribution in [0, 0.1) is 27.7 Å². The number of carbonyl (C=O) groups is 1. The quantitative estimate of drug-likeness (QED) is 0.399. The minimum absolute atomic E-state index is 0.0695. The number of benzene rings is 3. The van der Waals surface area contributed by atoms with Crippen molar-refractivity contribution in [3.8, 4) is 0 Å². The van der Waals surface area contributed by atoms with Gasteiger partial charge in [-0.2, -0.15) is 0 Å². The maximum Gasteiger partial charge on any atom is 0.264 e. The Hall–Kier alpha value is -2.54. The van der Waals surface area contributed by atoms with Crippen molar-refractivity contribution in [3.05, 3.63) is 92.5 Å². The first-order valence-electron chi connectivity index (χ1n) is 10.8. The molecule has 0 aliphatic carbocycles. The van der Waals surface area contributed by atoms with E-state index in [4.69, 9.17) is 23.2 Å². The molecule has 0 fully saturated rings. The predicted molar refractivity (Wildman–Crippen MR) is 139 cm³/mol.